The molecule has 1 aromatic carbocycles. The Morgan fingerprint density at radius 3 is 2.82 bits per heavy atom. The maximum Gasteiger partial charge on any atom is 0.220 e. The van der Waals surface area contributed by atoms with Crippen LogP contribution in [0.15, 0.2) is 22.7 Å². The largest absolute Gasteiger partial charge is 0.350 e. The first-order chi connectivity index (χ1) is 8.04. The molecule has 92 valence electrons. The third-order valence-electron chi connectivity index (χ3n) is 3.44. The predicted molar refractivity (Wildman–Crippen MR) is 73.3 cm³/mol. The molecule has 0 aromatic heterocycles. The number of benzene rings is 1. The van der Waals surface area contributed by atoms with Crippen molar-refractivity contribution in [3.05, 3.63) is 33.3 Å². The van der Waals surface area contributed by atoms with Crippen LogP contribution in [0.4, 0.5) is 0 Å². The molecule has 1 aliphatic heterocycles. The highest BCUT2D eigenvalue weighted by atomic mass is 79.9. The minimum Gasteiger partial charge on any atom is -0.350 e. The zero-order valence-corrected chi connectivity index (χ0v) is 12.1. The summed E-state index contributed by atoms with van der Waals surface area (Å²) in [6.07, 6.45) is 3.35. The quantitative estimate of drug-likeness (QED) is 0.905. The topological polar surface area (TPSA) is 29.1 Å². The smallest absolute Gasteiger partial charge is 0.220 e. The van der Waals surface area contributed by atoms with Gasteiger partial charge in [0.25, 0.3) is 0 Å². The monoisotopic (exact) mass is 315 g/mol. The Labute approximate surface area is 115 Å². The molecule has 1 aromatic rings. The van der Waals surface area contributed by atoms with E-state index in [0.717, 1.165) is 28.8 Å². The summed E-state index contributed by atoms with van der Waals surface area (Å²) in [5, 5.41) is 3.83. The van der Waals surface area contributed by atoms with Crippen molar-refractivity contribution in [2.75, 3.05) is 0 Å². The number of rotatable bonds is 3. The average Bonchev–Trinajstić information content (AvgIpc) is 2.66. The molecule has 1 heterocycles. The first kappa shape index (κ1) is 12.9. The standard InChI is InChI=1S/C13H15BrClNO/c1-2-13(6-5-12(17)16-13)8-9-3-4-10(14)11(15)7-9/h3-4,7H,2,5-6,8H2,1H3,(H,16,17). The second-order valence-corrected chi connectivity index (χ2v) is 5.87. The van der Waals surface area contributed by atoms with Crippen molar-refractivity contribution in [2.24, 2.45) is 0 Å². The van der Waals surface area contributed by atoms with Crippen molar-refractivity contribution in [2.45, 2.75) is 38.1 Å². The third-order valence-corrected chi connectivity index (χ3v) is 4.67. The maximum absolute atomic E-state index is 11.4. The third kappa shape index (κ3) is 2.83. The summed E-state index contributed by atoms with van der Waals surface area (Å²) in [6, 6.07) is 5.98. The van der Waals surface area contributed by atoms with Gasteiger partial charge < -0.3 is 5.32 Å². The Morgan fingerprint density at radius 2 is 2.29 bits per heavy atom. The molecular weight excluding hydrogens is 302 g/mol. The summed E-state index contributed by atoms with van der Waals surface area (Å²) in [7, 11) is 0. The van der Waals surface area contributed by atoms with Gasteiger partial charge in [-0.2, -0.15) is 0 Å². The lowest BCUT2D eigenvalue weighted by atomic mass is 9.87. The molecule has 1 saturated heterocycles. The fourth-order valence-corrected chi connectivity index (χ4v) is 2.79. The fraction of sp³-hybridized carbons (Fsp3) is 0.462. The van der Waals surface area contributed by atoms with Crippen LogP contribution < -0.4 is 5.32 Å². The summed E-state index contributed by atoms with van der Waals surface area (Å²) < 4.78 is 0.906. The summed E-state index contributed by atoms with van der Waals surface area (Å²) in [6.45, 7) is 2.12. The molecule has 1 unspecified atom stereocenters. The molecule has 1 amide bonds. The number of amides is 1. The molecule has 0 bridgehead atoms. The number of carbonyl (C=O) groups excluding carboxylic acids is 1. The minimum absolute atomic E-state index is 0.0752. The van der Waals surface area contributed by atoms with Gasteiger partial charge >= 0.3 is 0 Å². The van der Waals surface area contributed by atoms with E-state index in [1.165, 1.54) is 5.56 Å². The van der Waals surface area contributed by atoms with Crippen LogP contribution in [-0.2, 0) is 11.2 Å². The molecule has 2 nitrogen and oxygen atoms in total. The highest BCUT2D eigenvalue weighted by Gasteiger charge is 2.35. The number of halogens is 2. The first-order valence-electron chi connectivity index (χ1n) is 5.79. The van der Waals surface area contributed by atoms with Gasteiger partial charge in [0.2, 0.25) is 5.91 Å². The molecule has 0 spiro atoms. The van der Waals surface area contributed by atoms with Crippen LogP contribution in [-0.4, -0.2) is 11.4 Å². The van der Waals surface area contributed by atoms with E-state index >= 15 is 0 Å². The van der Waals surface area contributed by atoms with Crippen molar-refractivity contribution in [3.63, 3.8) is 0 Å². The van der Waals surface area contributed by atoms with Crippen molar-refractivity contribution in [3.8, 4) is 0 Å². The molecule has 4 heteroatoms. The van der Waals surface area contributed by atoms with E-state index in [4.69, 9.17) is 11.6 Å². The second-order valence-electron chi connectivity index (χ2n) is 4.61. The van der Waals surface area contributed by atoms with E-state index in [1.54, 1.807) is 0 Å². The van der Waals surface area contributed by atoms with Crippen LogP contribution in [0.3, 0.4) is 0 Å². The molecule has 2 rings (SSSR count). The van der Waals surface area contributed by atoms with E-state index in [-0.39, 0.29) is 11.4 Å². The van der Waals surface area contributed by atoms with Crippen LogP contribution in [0.2, 0.25) is 5.02 Å². The predicted octanol–water partition coefficient (Wildman–Crippen LogP) is 3.70. The lowest BCUT2D eigenvalue weighted by Crippen LogP contribution is -2.42. The normalized spacial score (nSPS) is 23.8. The zero-order valence-electron chi connectivity index (χ0n) is 9.72. The Hall–Kier alpha value is -0.540. The van der Waals surface area contributed by atoms with E-state index in [2.05, 4.69) is 34.2 Å². The van der Waals surface area contributed by atoms with Gasteiger partial charge in [0.1, 0.15) is 0 Å². The molecule has 0 aliphatic carbocycles. The van der Waals surface area contributed by atoms with Crippen LogP contribution in [0.5, 0.6) is 0 Å². The van der Waals surface area contributed by atoms with E-state index in [0.29, 0.717) is 6.42 Å². The van der Waals surface area contributed by atoms with Gasteiger partial charge in [0.05, 0.1) is 5.02 Å². The number of nitrogens with one attached hydrogen (secondary N) is 1. The fourth-order valence-electron chi connectivity index (χ4n) is 2.34. The van der Waals surface area contributed by atoms with Crippen LogP contribution in [0.25, 0.3) is 0 Å². The van der Waals surface area contributed by atoms with Crippen LogP contribution >= 0.6 is 27.5 Å². The first-order valence-corrected chi connectivity index (χ1v) is 6.97. The molecular formula is C13H15BrClNO. The zero-order chi connectivity index (χ0) is 12.5. The van der Waals surface area contributed by atoms with Gasteiger partial charge in [-0.3, -0.25) is 4.79 Å². The van der Waals surface area contributed by atoms with Gasteiger partial charge in [-0.15, -0.1) is 0 Å². The molecule has 17 heavy (non-hydrogen) atoms. The lowest BCUT2D eigenvalue weighted by molar-refractivity contribution is -0.119. The number of hydrogen-bond donors (Lipinski definition) is 1. The summed E-state index contributed by atoms with van der Waals surface area (Å²) in [5.41, 5.74) is 1.09. The van der Waals surface area contributed by atoms with Gasteiger partial charge in [-0.25, -0.2) is 0 Å². The summed E-state index contributed by atoms with van der Waals surface area (Å²) >= 11 is 9.46. The van der Waals surface area contributed by atoms with Gasteiger partial charge in [-0.1, -0.05) is 24.6 Å². The summed E-state index contributed by atoms with van der Waals surface area (Å²) in [4.78, 5) is 11.4. The maximum atomic E-state index is 11.4. The van der Waals surface area contributed by atoms with Crippen LogP contribution in [0.1, 0.15) is 31.7 Å². The van der Waals surface area contributed by atoms with E-state index in [1.807, 2.05) is 12.1 Å². The Balaban J connectivity index is 2.18. The Bertz CT molecular complexity index is 449. The van der Waals surface area contributed by atoms with Crippen molar-refractivity contribution in [1.29, 1.82) is 0 Å². The molecule has 0 saturated carbocycles. The molecule has 0 radical (unpaired) electrons. The molecule has 1 N–H and O–H groups in total. The van der Waals surface area contributed by atoms with Crippen molar-refractivity contribution in [1.82, 2.24) is 5.32 Å². The molecule has 1 atom stereocenters. The Morgan fingerprint density at radius 1 is 1.53 bits per heavy atom. The number of hydrogen-bond acceptors (Lipinski definition) is 1. The highest BCUT2D eigenvalue weighted by molar-refractivity contribution is 9.10. The second kappa shape index (κ2) is 4.99. The lowest BCUT2D eigenvalue weighted by Gasteiger charge is -2.28. The Kier molecular flexibility index (Phi) is 3.79. The van der Waals surface area contributed by atoms with Crippen molar-refractivity contribution >= 4 is 33.4 Å². The molecule has 1 fully saturated rings. The number of carbonyl (C=O) groups is 1. The average molecular weight is 317 g/mol. The van der Waals surface area contributed by atoms with Gasteiger partial charge in [0.15, 0.2) is 0 Å². The van der Waals surface area contributed by atoms with Crippen molar-refractivity contribution < 1.29 is 4.79 Å². The summed E-state index contributed by atoms with van der Waals surface area (Å²) in [5.74, 6) is 0.162. The van der Waals surface area contributed by atoms with Gasteiger partial charge in [0, 0.05) is 16.4 Å². The highest BCUT2D eigenvalue weighted by Crippen LogP contribution is 2.30. The van der Waals surface area contributed by atoms with E-state index < -0.39 is 0 Å². The van der Waals surface area contributed by atoms with E-state index in [9.17, 15) is 4.79 Å². The minimum atomic E-state index is -0.0752. The molecule has 1 aliphatic rings. The SMILES string of the molecule is CCC1(Cc2ccc(Br)c(Cl)c2)CCC(=O)N1. The van der Waals surface area contributed by atoms with Crippen LogP contribution in [0, 0.1) is 0 Å². The van der Waals surface area contributed by atoms with Gasteiger partial charge in [-0.05, 0) is 52.9 Å².